The van der Waals surface area contributed by atoms with Crippen molar-refractivity contribution in [2.24, 2.45) is 0 Å². The van der Waals surface area contributed by atoms with Gasteiger partial charge in [0, 0.05) is 42.1 Å². The first-order chi connectivity index (χ1) is 12.7. The van der Waals surface area contributed by atoms with Gasteiger partial charge in [-0.15, -0.1) is 0 Å². The summed E-state index contributed by atoms with van der Waals surface area (Å²) in [7, 11) is 0. The maximum atomic E-state index is 12.1. The van der Waals surface area contributed by atoms with E-state index in [1.807, 2.05) is 29.1 Å². The van der Waals surface area contributed by atoms with Gasteiger partial charge in [-0.1, -0.05) is 18.2 Å². The molecule has 0 saturated heterocycles. The second-order valence-corrected chi connectivity index (χ2v) is 7.23. The molecule has 5 nitrogen and oxygen atoms in total. The molecule has 5 heteroatoms. The lowest BCUT2D eigenvalue weighted by molar-refractivity contribution is -0.120. The first-order valence-electron chi connectivity index (χ1n) is 9.10. The quantitative estimate of drug-likeness (QED) is 0.783. The van der Waals surface area contributed by atoms with Crippen molar-refractivity contribution in [3.05, 3.63) is 59.4 Å². The highest BCUT2D eigenvalue weighted by molar-refractivity contribution is 6.24. The fourth-order valence-corrected chi connectivity index (χ4v) is 4.18. The molecule has 26 heavy (non-hydrogen) atoms. The number of amides is 1. The average Bonchev–Trinajstić information content (AvgIpc) is 3.24. The lowest BCUT2D eigenvalue weighted by Crippen LogP contribution is -2.18. The Morgan fingerprint density at radius 2 is 1.96 bits per heavy atom. The third-order valence-corrected chi connectivity index (χ3v) is 5.56. The van der Waals surface area contributed by atoms with Crippen molar-refractivity contribution in [1.82, 2.24) is 9.78 Å². The standard InChI is InChI=1S/C21H19N3O2/c25-16-7-5-15(6-8-16)24-12-13(11-22-24)10-14-4-9-19-20-17(14)2-1-3-18(20)21(26)23-19/h1-4,9,11-12,15H,5-8,10H2,(H,23,26). The highest BCUT2D eigenvalue weighted by Gasteiger charge is 2.23. The Morgan fingerprint density at radius 3 is 2.81 bits per heavy atom. The second kappa shape index (κ2) is 5.80. The number of anilines is 1. The normalized spacial score (nSPS) is 17.1. The minimum Gasteiger partial charge on any atom is -0.321 e. The monoisotopic (exact) mass is 345 g/mol. The molecule has 2 aromatic carbocycles. The molecule has 1 aromatic heterocycles. The van der Waals surface area contributed by atoms with Crippen molar-refractivity contribution in [3.8, 4) is 0 Å². The predicted octanol–water partition coefficient (Wildman–Crippen LogP) is 3.88. The van der Waals surface area contributed by atoms with E-state index >= 15 is 0 Å². The van der Waals surface area contributed by atoms with Gasteiger partial charge in [-0.2, -0.15) is 5.10 Å². The molecular weight excluding hydrogens is 326 g/mol. The van der Waals surface area contributed by atoms with Crippen LogP contribution in [0.4, 0.5) is 5.69 Å². The number of nitrogens with zero attached hydrogens (tertiary/aromatic N) is 2. The Balaban J connectivity index is 1.45. The summed E-state index contributed by atoms with van der Waals surface area (Å²) >= 11 is 0. The number of nitrogens with one attached hydrogen (secondary N) is 1. The predicted molar refractivity (Wildman–Crippen MR) is 99.4 cm³/mol. The maximum Gasteiger partial charge on any atom is 0.256 e. The summed E-state index contributed by atoms with van der Waals surface area (Å²) in [6.07, 6.45) is 7.89. The van der Waals surface area contributed by atoms with Crippen molar-refractivity contribution >= 4 is 28.2 Å². The van der Waals surface area contributed by atoms with E-state index < -0.39 is 0 Å². The van der Waals surface area contributed by atoms with E-state index in [1.54, 1.807) is 0 Å². The van der Waals surface area contributed by atoms with Crippen molar-refractivity contribution < 1.29 is 9.59 Å². The molecule has 1 aliphatic carbocycles. The zero-order valence-electron chi connectivity index (χ0n) is 14.4. The Hall–Kier alpha value is -2.95. The van der Waals surface area contributed by atoms with Crippen LogP contribution in [0.2, 0.25) is 0 Å². The fraction of sp³-hybridized carbons (Fsp3) is 0.286. The summed E-state index contributed by atoms with van der Waals surface area (Å²) in [4.78, 5) is 23.5. The summed E-state index contributed by atoms with van der Waals surface area (Å²) < 4.78 is 2.02. The van der Waals surface area contributed by atoms with Crippen LogP contribution in [-0.2, 0) is 11.2 Å². The van der Waals surface area contributed by atoms with Crippen LogP contribution in [0, 0.1) is 0 Å². The molecule has 0 radical (unpaired) electrons. The van der Waals surface area contributed by atoms with Crippen LogP contribution in [0.5, 0.6) is 0 Å². The van der Waals surface area contributed by atoms with E-state index in [1.165, 1.54) is 5.56 Å². The van der Waals surface area contributed by atoms with E-state index in [0.717, 1.165) is 46.8 Å². The van der Waals surface area contributed by atoms with Crippen LogP contribution in [0.1, 0.15) is 53.2 Å². The largest absolute Gasteiger partial charge is 0.321 e. The van der Waals surface area contributed by atoms with Gasteiger partial charge in [0.15, 0.2) is 0 Å². The number of Topliss-reactive ketones (excluding diaryl/α,β-unsaturated/α-hetero) is 1. The number of benzene rings is 2. The smallest absolute Gasteiger partial charge is 0.256 e. The zero-order valence-corrected chi connectivity index (χ0v) is 14.4. The SMILES string of the molecule is O=C1CCC(n2cc(Cc3ccc4c5c(cccc35)C(=O)N4)cn2)CC1. The van der Waals surface area contributed by atoms with Gasteiger partial charge in [-0.25, -0.2) is 0 Å². The van der Waals surface area contributed by atoms with Gasteiger partial charge in [0.2, 0.25) is 0 Å². The second-order valence-electron chi connectivity index (χ2n) is 7.23. The van der Waals surface area contributed by atoms with E-state index in [4.69, 9.17) is 0 Å². The minimum absolute atomic E-state index is 0.0255. The number of hydrogen-bond acceptors (Lipinski definition) is 3. The van der Waals surface area contributed by atoms with Gasteiger partial charge in [-0.3, -0.25) is 14.3 Å². The zero-order chi connectivity index (χ0) is 17.7. The van der Waals surface area contributed by atoms with Crippen LogP contribution in [0.25, 0.3) is 10.8 Å². The molecule has 1 N–H and O–H groups in total. The number of rotatable bonds is 3. The highest BCUT2D eigenvalue weighted by Crippen LogP contribution is 2.35. The molecule has 0 atom stereocenters. The van der Waals surface area contributed by atoms with Crippen molar-refractivity contribution in [3.63, 3.8) is 0 Å². The van der Waals surface area contributed by atoms with Crippen LogP contribution >= 0.6 is 0 Å². The first kappa shape index (κ1) is 15.3. The summed E-state index contributed by atoms with van der Waals surface area (Å²) in [6.45, 7) is 0. The van der Waals surface area contributed by atoms with Gasteiger partial charge in [0.1, 0.15) is 5.78 Å². The summed E-state index contributed by atoms with van der Waals surface area (Å²) in [5.74, 6) is 0.340. The maximum absolute atomic E-state index is 12.1. The fourth-order valence-electron chi connectivity index (χ4n) is 4.18. The van der Waals surface area contributed by atoms with E-state index in [0.29, 0.717) is 24.7 Å². The van der Waals surface area contributed by atoms with E-state index in [-0.39, 0.29) is 5.91 Å². The number of carbonyl (C=O) groups excluding carboxylic acids is 2. The number of carbonyl (C=O) groups is 2. The molecule has 1 saturated carbocycles. The number of hydrogen-bond donors (Lipinski definition) is 1. The lowest BCUT2D eigenvalue weighted by atomic mass is 9.94. The molecule has 0 spiro atoms. The third kappa shape index (κ3) is 2.43. The van der Waals surface area contributed by atoms with Crippen LogP contribution in [-0.4, -0.2) is 21.5 Å². The van der Waals surface area contributed by atoms with Crippen molar-refractivity contribution in [2.75, 3.05) is 5.32 Å². The molecule has 2 heterocycles. The topological polar surface area (TPSA) is 64.0 Å². The molecule has 1 fully saturated rings. The molecule has 0 bridgehead atoms. The number of aromatic nitrogens is 2. The summed E-state index contributed by atoms with van der Waals surface area (Å²) in [5.41, 5.74) is 3.99. The van der Waals surface area contributed by atoms with E-state index in [9.17, 15) is 9.59 Å². The Labute approximate surface area is 151 Å². The molecule has 130 valence electrons. The van der Waals surface area contributed by atoms with Crippen LogP contribution < -0.4 is 5.32 Å². The highest BCUT2D eigenvalue weighted by atomic mass is 16.2. The van der Waals surface area contributed by atoms with Gasteiger partial charge >= 0.3 is 0 Å². The Morgan fingerprint density at radius 1 is 1.12 bits per heavy atom. The van der Waals surface area contributed by atoms with Crippen molar-refractivity contribution in [2.45, 2.75) is 38.1 Å². The first-order valence-corrected chi connectivity index (χ1v) is 9.10. The molecule has 3 aromatic rings. The van der Waals surface area contributed by atoms with Gasteiger partial charge in [0.05, 0.1) is 12.2 Å². The molecule has 1 amide bonds. The summed E-state index contributed by atoms with van der Waals surface area (Å²) in [5, 5.41) is 9.61. The molecule has 2 aliphatic rings. The van der Waals surface area contributed by atoms with Gasteiger partial charge in [0.25, 0.3) is 5.91 Å². The van der Waals surface area contributed by atoms with Crippen LogP contribution in [0.3, 0.4) is 0 Å². The van der Waals surface area contributed by atoms with Crippen molar-refractivity contribution in [1.29, 1.82) is 0 Å². The van der Waals surface area contributed by atoms with Gasteiger partial charge < -0.3 is 5.32 Å². The van der Waals surface area contributed by atoms with Crippen LogP contribution in [0.15, 0.2) is 42.7 Å². The summed E-state index contributed by atoms with van der Waals surface area (Å²) in [6, 6.07) is 10.3. The Kier molecular flexibility index (Phi) is 3.42. The van der Waals surface area contributed by atoms with Gasteiger partial charge in [-0.05, 0) is 41.5 Å². The minimum atomic E-state index is -0.0255. The van der Waals surface area contributed by atoms with E-state index in [2.05, 4.69) is 28.7 Å². The average molecular weight is 345 g/mol. The number of ketones is 1. The molecule has 5 rings (SSSR count). The molecule has 0 unspecified atom stereocenters. The Bertz CT molecular complexity index is 1040. The third-order valence-electron chi connectivity index (χ3n) is 5.56. The molecule has 1 aliphatic heterocycles. The molecular formula is C21H19N3O2. The lowest BCUT2D eigenvalue weighted by Gasteiger charge is -2.21.